The van der Waals surface area contributed by atoms with Crippen molar-refractivity contribution in [3.8, 4) is 5.75 Å². The molecule has 104 valence electrons. The number of aliphatic hydroxyl groups is 1. The monoisotopic (exact) mass is 277 g/mol. The first-order chi connectivity index (χ1) is 7.77. The van der Waals surface area contributed by atoms with E-state index in [2.05, 4.69) is 0 Å². The molecule has 3 nitrogen and oxygen atoms in total. The zero-order chi connectivity index (χ0) is 13.2. The predicted octanol–water partition coefficient (Wildman–Crippen LogP) is 2.66. The van der Waals surface area contributed by atoms with Gasteiger partial charge in [-0.3, -0.25) is 0 Å². The minimum atomic E-state index is -0.710. The van der Waals surface area contributed by atoms with Crippen molar-refractivity contribution in [2.45, 2.75) is 32.9 Å². The number of halogens is 2. The fourth-order valence-electron chi connectivity index (χ4n) is 1.60. The van der Waals surface area contributed by atoms with Crippen LogP contribution in [-0.2, 0) is 0 Å². The van der Waals surface area contributed by atoms with Crippen molar-refractivity contribution in [1.29, 1.82) is 0 Å². The standard InChI is InChI=1S/C13H20FNO2.ClH/c1-13(2,3)12(16)11(15)8-5-6-9(14)10(7-8)17-4;/h5-7,11-12,16H,15H2,1-4H3;1H/t11-,12-;/m0./s1. The molecule has 0 fully saturated rings. The number of benzene rings is 1. The fraction of sp³-hybridized carbons (Fsp3) is 0.538. The topological polar surface area (TPSA) is 55.5 Å². The van der Waals surface area contributed by atoms with E-state index in [0.29, 0.717) is 5.56 Å². The summed E-state index contributed by atoms with van der Waals surface area (Å²) in [5.41, 5.74) is 6.30. The highest BCUT2D eigenvalue weighted by molar-refractivity contribution is 5.85. The molecule has 1 aromatic carbocycles. The molecule has 0 saturated carbocycles. The third-order valence-corrected chi connectivity index (χ3v) is 2.79. The van der Waals surface area contributed by atoms with Gasteiger partial charge in [0.05, 0.1) is 19.3 Å². The number of rotatable bonds is 3. The molecule has 1 rings (SSSR count). The van der Waals surface area contributed by atoms with Gasteiger partial charge >= 0.3 is 0 Å². The summed E-state index contributed by atoms with van der Waals surface area (Å²) in [5.74, 6) is -0.298. The van der Waals surface area contributed by atoms with E-state index in [1.165, 1.54) is 19.2 Å². The van der Waals surface area contributed by atoms with Gasteiger partial charge in [0.25, 0.3) is 0 Å². The molecule has 1 aromatic rings. The van der Waals surface area contributed by atoms with E-state index in [9.17, 15) is 9.50 Å². The van der Waals surface area contributed by atoms with Crippen molar-refractivity contribution >= 4 is 12.4 Å². The van der Waals surface area contributed by atoms with E-state index < -0.39 is 18.0 Å². The van der Waals surface area contributed by atoms with Crippen molar-refractivity contribution in [3.63, 3.8) is 0 Å². The molecular formula is C13H21ClFNO2. The Morgan fingerprint density at radius 3 is 2.33 bits per heavy atom. The first-order valence-corrected chi connectivity index (χ1v) is 5.54. The summed E-state index contributed by atoms with van der Waals surface area (Å²) in [6, 6.07) is 3.82. The molecule has 2 atom stereocenters. The summed E-state index contributed by atoms with van der Waals surface area (Å²) in [6.07, 6.45) is -0.710. The summed E-state index contributed by atoms with van der Waals surface area (Å²) in [6.45, 7) is 5.70. The zero-order valence-corrected chi connectivity index (χ0v) is 11.9. The van der Waals surface area contributed by atoms with E-state index in [1.54, 1.807) is 6.07 Å². The lowest BCUT2D eigenvalue weighted by atomic mass is 9.82. The van der Waals surface area contributed by atoms with Crippen molar-refractivity contribution < 1.29 is 14.2 Å². The molecule has 18 heavy (non-hydrogen) atoms. The predicted molar refractivity (Wildman–Crippen MR) is 72.6 cm³/mol. The molecule has 0 aliphatic heterocycles. The van der Waals surface area contributed by atoms with Gasteiger partial charge in [-0.05, 0) is 23.1 Å². The van der Waals surface area contributed by atoms with Crippen LogP contribution < -0.4 is 10.5 Å². The number of methoxy groups -OCH3 is 1. The van der Waals surface area contributed by atoms with Crippen LogP contribution in [0.15, 0.2) is 18.2 Å². The molecule has 3 N–H and O–H groups in total. The first-order valence-electron chi connectivity index (χ1n) is 5.54. The van der Waals surface area contributed by atoms with E-state index in [4.69, 9.17) is 10.5 Å². The van der Waals surface area contributed by atoms with Crippen LogP contribution in [0.25, 0.3) is 0 Å². The second kappa shape index (κ2) is 6.36. The third-order valence-electron chi connectivity index (χ3n) is 2.79. The number of aliphatic hydroxyl groups excluding tert-OH is 1. The van der Waals surface area contributed by atoms with Crippen molar-refractivity contribution in [3.05, 3.63) is 29.6 Å². The van der Waals surface area contributed by atoms with E-state index >= 15 is 0 Å². The van der Waals surface area contributed by atoms with Gasteiger partial charge in [0.15, 0.2) is 11.6 Å². The highest BCUT2D eigenvalue weighted by Gasteiger charge is 2.29. The average molecular weight is 278 g/mol. The normalized spacial score (nSPS) is 14.6. The maximum atomic E-state index is 13.2. The number of hydrogen-bond acceptors (Lipinski definition) is 3. The van der Waals surface area contributed by atoms with Gasteiger partial charge in [-0.1, -0.05) is 26.8 Å². The summed E-state index contributed by atoms with van der Waals surface area (Å²) < 4.78 is 18.1. The molecule has 0 saturated heterocycles. The highest BCUT2D eigenvalue weighted by atomic mass is 35.5. The molecule has 0 unspecified atom stereocenters. The van der Waals surface area contributed by atoms with Crippen molar-refractivity contribution in [2.24, 2.45) is 11.1 Å². The number of nitrogens with two attached hydrogens (primary N) is 1. The number of ether oxygens (including phenoxy) is 1. The molecular weight excluding hydrogens is 257 g/mol. The Kier molecular flexibility index (Phi) is 6.07. The van der Waals surface area contributed by atoms with Crippen LogP contribution in [0.3, 0.4) is 0 Å². The Balaban J connectivity index is 0.00000289. The van der Waals surface area contributed by atoms with Crippen LogP contribution in [0.5, 0.6) is 5.75 Å². The van der Waals surface area contributed by atoms with Gasteiger partial charge < -0.3 is 15.6 Å². The minimum absolute atomic E-state index is 0. The zero-order valence-electron chi connectivity index (χ0n) is 11.1. The Hall–Kier alpha value is -0.840. The fourth-order valence-corrected chi connectivity index (χ4v) is 1.60. The minimum Gasteiger partial charge on any atom is -0.494 e. The maximum absolute atomic E-state index is 13.2. The molecule has 0 heterocycles. The summed E-state index contributed by atoms with van der Waals surface area (Å²) >= 11 is 0. The van der Waals surface area contributed by atoms with Crippen molar-refractivity contribution in [1.82, 2.24) is 0 Å². The van der Waals surface area contributed by atoms with Crippen LogP contribution in [-0.4, -0.2) is 18.3 Å². The average Bonchev–Trinajstić information content (AvgIpc) is 2.26. The van der Waals surface area contributed by atoms with E-state index in [1.807, 2.05) is 20.8 Å². The Labute approximate surface area is 114 Å². The second-order valence-corrected chi connectivity index (χ2v) is 5.23. The SMILES string of the molecule is COc1cc([C@H](N)[C@H](O)C(C)(C)C)ccc1F.Cl. The van der Waals surface area contributed by atoms with Gasteiger partial charge in [0.1, 0.15) is 0 Å². The Bertz CT molecular complexity index is 393. The molecule has 0 bridgehead atoms. The van der Waals surface area contributed by atoms with Crippen molar-refractivity contribution in [2.75, 3.05) is 7.11 Å². The van der Waals surface area contributed by atoms with Crippen LogP contribution in [0.4, 0.5) is 4.39 Å². The molecule has 0 aromatic heterocycles. The van der Waals surface area contributed by atoms with Gasteiger partial charge in [0, 0.05) is 0 Å². The first kappa shape index (κ1) is 17.2. The van der Waals surface area contributed by atoms with E-state index in [-0.39, 0.29) is 23.6 Å². The quantitative estimate of drug-likeness (QED) is 0.893. The lowest BCUT2D eigenvalue weighted by Gasteiger charge is -2.31. The lowest BCUT2D eigenvalue weighted by Crippen LogP contribution is -2.36. The molecule has 0 radical (unpaired) electrons. The Morgan fingerprint density at radius 2 is 1.89 bits per heavy atom. The van der Waals surface area contributed by atoms with Crippen LogP contribution in [0, 0.1) is 11.2 Å². The Morgan fingerprint density at radius 1 is 1.33 bits per heavy atom. The van der Waals surface area contributed by atoms with Gasteiger partial charge in [-0.2, -0.15) is 0 Å². The highest BCUT2D eigenvalue weighted by Crippen LogP contribution is 2.30. The molecule has 5 heteroatoms. The number of hydrogen-bond donors (Lipinski definition) is 2. The molecule has 0 amide bonds. The van der Waals surface area contributed by atoms with E-state index in [0.717, 1.165) is 0 Å². The maximum Gasteiger partial charge on any atom is 0.165 e. The van der Waals surface area contributed by atoms with Gasteiger partial charge in [0.2, 0.25) is 0 Å². The largest absolute Gasteiger partial charge is 0.494 e. The summed E-state index contributed by atoms with van der Waals surface area (Å²) in [5, 5.41) is 10.1. The molecule has 0 aliphatic carbocycles. The second-order valence-electron chi connectivity index (χ2n) is 5.23. The lowest BCUT2D eigenvalue weighted by molar-refractivity contribution is 0.0400. The summed E-state index contributed by atoms with van der Waals surface area (Å²) in [7, 11) is 1.40. The van der Waals surface area contributed by atoms with Gasteiger partial charge in [-0.15, -0.1) is 12.4 Å². The van der Waals surface area contributed by atoms with Crippen LogP contribution in [0.2, 0.25) is 0 Å². The van der Waals surface area contributed by atoms with Gasteiger partial charge in [-0.25, -0.2) is 4.39 Å². The smallest absolute Gasteiger partial charge is 0.165 e. The molecule has 0 aliphatic rings. The summed E-state index contributed by atoms with van der Waals surface area (Å²) in [4.78, 5) is 0. The van der Waals surface area contributed by atoms with Crippen LogP contribution in [0.1, 0.15) is 32.4 Å². The molecule has 0 spiro atoms. The third kappa shape index (κ3) is 3.83. The van der Waals surface area contributed by atoms with Crippen LogP contribution >= 0.6 is 12.4 Å².